The molecule has 0 unspecified atom stereocenters. The lowest BCUT2D eigenvalue weighted by Gasteiger charge is -2.34. The number of amides is 1. The van der Waals surface area contributed by atoms with Crippen molar-refractivity contribution in [2.45, 2.75) is 17.7 Å². The number of piperazine rings is 1. The lowest BCUT2D eigenvalue weighted by molar-refractivity contribution is 0.0951. The Kier molecular flexibility index (Phi) is 6.80. The molecule has 1 N–H and O–H groups in total. The zero-order valence-electron chi connectivity index (χ0n) is 17.5. The molecule has 0 bridgehead atoms. The lowest BCUT2D eigenvalue weighted by atomic mass is 10.2. The summed E-state index contributed by atoms with van der Waals surface area (Å²) in [6.45, 7) is 4.18. The van der Waals surface area contributed by atoms with E-state index >= 15 is 0 Å². The first-order valence-electron chi connectivity index (χ1n) is 10.1. The van der Waals surface area contributed by atoms with Crippen molar-refractivity contribution in [2.24, 2.45) is 0 Å². The van der Waals surface area contributed by atoms with Gasteiger partial charge in [-0.05, 0) is 55.5 Å². The van der Waals surface area contributed by atoms with E-state index in [0.717, 1.165) is 16.4 Å². The number of nitrogens with one attached hydrogen (secondary N) is 1. The van der Waals surface area contributed by atoms with Crippen molar-refractivity contribution in [1.82, 2.24) is 14.6 Å². The fourth-order valence-electron chi connectivity index (χ4n) is 3.45. The number of rotatable bonds is 6. The van der Waals surface area contributed by atoms with Crippen LogP contribution in [0, 0.1) is 6.92 Å². The van der Waals surface area contributed by atoms with E-state index in [0.29, 0.717) is 36.8 Å². The Morgan fingerprint density at radius 2 is 1.78 bits per heavy atom. The van der Waals surface area contributed by atoms with Crippen molar-refractivity contribution >= 4 is 44.7 Å². The van der Waals surface area contributed by atoms with Gasteiger partial charge in [-0.15, -0.1) is 11.3 Å². The van der Waals surface area contributed by atoms with Gasteiger partial charge in [-0.3, -0.25) is 4.79 Å². The Labute approximate surface area is 196 Å². The van der Waals surface area contributed by atoms with Crippen LogP contribution in [0.4, 0.5) is 5.82 Å². The van der Waals surface area contributed by atoms with E-state index in [2.05, 4.69) is 15.2 Å². The van der Waals surface area contributed by atoms with Crippen LogP contribution >= 0.6 is 22.9 Å². The second kappa shape index (κ2) is 9.58. The van der Waals surface area contributed by atoms with Crippen LogP contribution in [-0.2, 0) is 16.6 Å². The Balaban J connectivity index is 1.36. The highest BCUT2D eigenvalue weighted by Crippen LogP contribution is 2.26. The number of anilines is 1. The Bertz CT molecular complexity index is 1200. The molecule has 2 aromatic heterocycles. The van der Waals surface area contributed by atoms with Gasteiger partial charge in [0, 0.05) is 47.3 Å². The molecule has 0 radical (unpaired) electrons. The predicted octanol–water partition coefficient (Wildman–Crippen LogP) is 3.55. The maximum absolute atomic E-state index is 13.1. The molecule has 1 aliphatic rings. The Hall–Kier alpha value is -2.46. The number of halogens is 1. The normalized spacial score (nSPS) is 15.0. The highest BCUT2D eigenvalue weighted by atomic mass is 35.5. The first-order chi connectivity index (χ1) is 15.3. The Morgan fingerprint density at radius 1 is 1.06 bits per heavy atom. The molecular weight excluding hydrogens is 468 g/mol. The number of carbonyl (C=O) groups is 1. The number of hydrogen-bond acceptors (Lipinski definition) is 6. The molecule has 1 aliphatic heterocycles. The van der Waals surface area contributed by atoms with Crippen molar-refractivity contribution in [2.75, 3.05) is 31.1 Å². The molecule has 1 fully saturated rings. The number of nitrogens with zero attached hydrogens (tertiary/aromatic N) is 3. The van der Waals surface area contributed by atoms with Gasteiger partial charge < -0.3 is 10.2 Å². The van der Waals surface area contributed by atoms with Crippen LogP contribution in [0.5, 0.6) is 0 Å². The number of benzene rings is 1. The van der Waals surface area contributed by atoms with Crippen molar-refractivity contribution in [3.8, 4) is 0 Å². The highest BCUT2D eigenvalue weighted by Gasteiger charge is 2.30. The molecule has 7 nitrogen and oxygen atoms in total. The van der Waals surface area contributed by atoms with Crippen LogP contribution in [0.2, 0.25) is 5.02 Å². The van der Waals surface area contributed by atoms with Gasteiger partial charge >= 0.3 is 0 Å². The smallest absolute Gasteiger partial charge is 0.252 e. The summed E-state index contributed by atoms with van der Waals surface area (Å²) in [5.41, 5.74) is 1.44. The minimum absolute atomic E-state index is 0.236. The van der Waals surface area contributed by atoms with Crippen LogP contribution in [0.3, 0.4) is 0 Å². The third-order valence-electron chi connectivity index (χ3n) is 5.20. The molecule has 0 saturated carbocycles. The van der Waals surface area contributed by atoms with Gasteiger partial charge in [-0.25, -0.2) is 13.4 Å². The molecule has 3 aromatic rings. The SMILES string of the molecule is Cc1cccc(N2CCN(S(=O)(=O)c3ccc(CNC(=O)c4ccc(Cl)cc4)s3)CC2)n1. The van der Waals surface area contributed by atoms with Crippen molar-refractivity contribution in [3.05, 3.63) is 75.8 Å². The largest absolute Gasteiger partial charge is 0.354 e. The standard InChI is InChI=1S/C22H23ClN4O3S2/c1-16-3-2-4-20(25-16)26-11-13-27(14-12-26)32(29,30)21-10-9-19(31-21)15-24-22(28)17-5-7-18(23)8-6-17/h2-10H,11-15H2,1H3,(H,24,28). The molecule has 0 atom stereocenters. The Morgan fingerprint density at radius 3 is 2.47 bits per heavy atom. The number of carbonyl (C=O) groups excluding carboxylic acids is 1. The molecule has 0 spiro atoms. The predicted molar refractivity (Wildman–Crippen MR) is 127 cm³/mol. The highest BCUT2D eigenvalue weighted by molar-refractivity contribution is 7.91. The third kappa shape index (κ3) is 5.12. The van der Waals surface area contributed by atoms with Gasteiger partial charge in [0.15, 0.2) is 0 Å². The summed E-state index contributed by atoms with van der Waals surface area (Å²) in [6.07, 6.45) is 0. The van der Waals surface area contributed by atoms with Gasteiger partial charge in [0.25, 0.3) is 15.9 Å². The molecule has 1 aromatic carbocycles. The molecule has 168 valence electrons. The molecule has 1 saturated heterocycles. The van der Waals surface area contributed by atoms with E-state index in [1.165, 1.54) is 15.6 Å². The van der Waals surface area contributed by atoms with E-state index in [1.54, 1.807) is 36.4 Å². The zero-order chi connectivity index (χ0) is 22.7. The first-order valence-corrected chi connectivity index (χ1v) is 12.8. The number of thiophene rings is 1. The molecule has 10 heteroatoms. The van der Waals surface area contributed by atoms with E-state index in [4.69, 9.17) is 11.6 Å². The summed E-state index contributed by atoms with van der Waals surface area (Å²) in [7, 11) is -3.57. The third-order valence-corrected chi connectivity index (χ3v) is 8.90. The maximum Gasteiger partial charge on any atom is 0.252 e. The van der Waals surface area contributed by atoms with E-state index in [1.807, 2.05) is 25.1 Å². The number of hydrogen-bond donors (Lipinski definition) is 1. The summed E-state index contributed by atoms with van der Waals surface area (Å²) in [5.74, 6) is 0.636. The van der Waals surface area contributed by atoms with Gasteiger partial charge in [-0.1, -0.05) is 17.7 Å². The average molecular weight is 491 g/mol. The number of aromatic nitrogens is 1. The minimum Gasteiger partial charge on any atom is -0.354 e. The molecule has 1 amide bonds. The zero-order valence-corrected chi connectivity index (χ0v) is 19.9. The minimum atomic E-state index is -3.57. The molecule has 4 rings (SSSR count). The summed E-state index contributed by atoms with van der Waals surface area (Å²) in [4.78, 5) is 19.7. The second-order valence-electron chi connectivity index (χ2n) is 7.44. The summed E-state index contributed by atoms with van der Waals surface area (Å²) < 4.78 is 28.0. The van der Waals surface area contributed by atoms with Crippen LogP contribution < -0.4 is 10.2 Å². The van der Waals surface area contributed by atoms with E-state index in [-0.39, 0.29) is 16.7 Å². The summed E-state index contributed by atoms with van der Waals surface area (Å²) >= 11 is 7.03. The van der Waals surface area contributed by atoms with E-state index in [9.17, 15) is 13.2 Å². The summed E-state index contributed by atoms with van der Waals surface area (Å²) in [5, 5.41) is 3.37. The molecule has 0 aliphatic carbocycles. The van der Waals surface area contributed by atoms with Crippen molar-refractivity contribution in [1.29, 1.82) is 0 Å². The lowest BCUT2D eigenvalue weighted by Crippen LogP contribution is -2.48. The van der Waals surface area contributed by atoms with Gasteiger partial charge in [0.1, 0.15) is 10.0 Å². The van der Waals surface area contributed by atoms with E-state index < -0.39 is 10.0 Å². The number of sulfonamides is 1. The molecular formula is C22H23ClN4O3S2. The fraction of sp³-hybridized carbons (Fsp3) is 0.273. The quantitative estimate of drug-likeness (QED) is 0.571. The molecule has 3 heterocycles. The summed E-state index contributed by atoms with van der Waals surface area (Å²) in [6, 6.07) is 15.8. The number of pyridine rings is 1. The fourth-order valence-corrected chi connectivity index (χ4v) is 6.45. The van der Waals surface area contributed by atoms with Crippen molar-refractivity contribution < 1.29 is 13.2 Å². The maximum atomic E-state index is 13.1. The van der Waals surface area contributed by atoms with Crippen molar-refractivity contribution in [3.63, 3.8) is 0 Å². The van der Waals surface area contributed by atoms with Crippen LogP contribution in [0.1, 0.15) is 20.9 Å². The number of aryl methyl sites for hydroxylation is 1. The monoisotopic (exact) mass is 490 g/mol. The van der Waals surface area contributed by atoms with Gasteiger partial charge in [-0.2, -0.15) is 4.31 Å². The average Bonchev–Trinajstić information content (AvgIpc) is 3.28. The van der Waals surface area contributed by atoms with Gasteiger partial charge in [0.05, 0.1) is 6.54 Å². The van der Waals surface area contributed by atoms with Gasteiger partial charge in [0.2, 0.25) is 0 Å². The van der Waals surface area contributed by atoms with Crippen LogP contribution in [0.25, 0.3) is 0 Å². The topological polar surface area (TPSA) is 82.6 Å². The second-order valence-corrected chi connectivity index (χ2v) is 11.2. The first kappa shape index (κ1) is 22.7. The van der Waals surface area contributed by atoms with Crippen LogP contribution in [-0.4, -0.2) is 49.8 Å². The van der Waals surface area contributed by atoms with Crippen LogP contribution in [0.15, 0.2) is 58.8 Å². The molecule has 32 heavy (non-hydrogen) atoms.